The van der Waals surface area contributed by atoms with Gasteiger partial charge in [0.05, 0.1) is 6.26 Å². The highest BCUT2D eigenvalue weighted by Gasteiger charge is 1.92. The second-order valence-electron chi connectivity index (χ2n) is 5.60. The van der Waals surface area contributed by atoms with Crippen molar-refractivity contribution in [3.05, 3.63) is 31.6 Å². The van der Waals surface area contributed by atoms with Crippen molar-refractivity contribution in [2.75, 3.05) is 0 Å². The van der Waals surface area contributed by atoms with Gasteiger partial charge in [0.15, 0.2) is 0 Å². The minimum absolute atomic E-state index is 1.18. The number of unbranched alkanes of at least 4 members (excludes halogenated alkanes) is 12. The molecule has 0 aliphatic rings. The number of ether oxygens (including phenoxy) is 1. The Balaban J connectivity index is 3.02. The summed E-state index contributed by atoms with van der Waals surface area (Å²) in [7, 11) is 3.27. The fourth-order valence-electron chi connectivity index (χ4n) is 2.38. The van der Waals surface area contributed by atoms with Gasteiger partial charge in [-0.2, -0.15) is 0 Å². The van der Waals surface area contributed by atoms with Gasteiger partial charge in [0.1, 0.15) is 7.11 Å². The summed E-state index contributed by atoms with van der Waals surface area (Å²) in [6, 6.07) is 0. The SMILES string of the molecule is [CH2]OC=CC=CCCCCCCCCCCCCCC. The first-order chi connectivity index (χ1) is 9.91. The molecule has 0 aromatic rings. The number of hydrogen-bond acceptors (Lipinski definition) is 1. The van der Waals surface area contributed by atoms with E-state index in [-0.39, 0.29) is 0 Å². The van der Waals surface area contributed by atoms with Gasteiger partial charge in [0, 0.05) is 0 Å². The first-order valence-electron chi connectivity index (χ1n) is 8.64. The van der Waals surface area contributed by atoms with E-state index >= 15 is 0 Å². The molecule has 0 atom stereocenters. The smallest absolute Gasteiger partial charge is 0.121 e. The molecule has 0 saturated heterocycles. The fourth-order valence-corrected chi connectivity index (χ4v) is 2.38. The molecule has 0 rings (SSSR count). The van der Waals surface area contributed by atoms with Gasteiger partial charge < -0.3 is 4.74 Å². The Labute approximate surface area is 127 Å². The van der Waals surface area contributed by atoms with Crippen LogP contribution in [0, 0.1) is 7.11 Å². The molecule has 0 aromatic heterocycles. The molecule has 0 aliphatic heterocycles. The van der Waals surface area contributed by atoms with Crippen LogP contribution in [0.5, 0.6) is 0 Å². The van der Waals surface area contributed by atoms with Gasteiger partial charge in [-0.25, -0.2) is 0 Å². The Morgan fingerprint density at radius 1 is 0.700 bits per heavy atom. The topological polar surface area (TPSA) is 9.23 Å². The molecule has 20 heavy (non-hydrogen) atoms. The fraction of sp³-hybridized carbons (Fsp3) is 0.737. The Kier molecular flexibility index (Phi) is 17.6. The van der Waals surface area contributed by atoms with Crippen LogP contribution in [0.25, 0.3) is 0 Å². The second-order valence-corrected chi connectivity index (χ2v) is 5.60. The largest absolute Gasteiger partial charge is 0.498 e. The highest BCUT2D eigenvalue weighted by molar-refractivity contribution is 4.99. The summed E-state index contributed by atoms with van der Waals surface area (Å²) in [6.45, 7) is 2.28. The monoisotopic (exact) mass is 279 g/mol. The summed E-state index contributed by atoms with van der Waals surface area (Å²) in [5.41, 5.74) is 0. The summed E-state index contributed by atoms with van der Waals surface area (Å²) in [4.78, 5) is 0. The van der Waals surface area contributed by atoms with Crippen LogP contribution in [0.15, 0.2) is 24.5 Å². The lowest BCUT2D eigenvalue weighted by Gasteiger charge is -2.02. The lowest BCUT2D eigenvalue weighted by molar-refractivity contribution is 0.394. The Bertz CT molecular complexity index is 218. The molecular formula is C19H35O. The minimum Gasteiger partial charge on any atom is -0.498 e. The van der Waals surface area contributed by atoms with Crippen molar-refractivity contribution in [3.63, 3.8) is 0 Å². The van der Waals surface area contributed by atoms with Crippen molar-refractivity contribution in [2.45, 2.75) is 90.4 Å². The zero-order chi connectivity index (χ0) is 14.7. The Hall–Kier alpha value is -0.720. The maximum Gasteiger partial charge on any atom is 0.121 e. The van der Waals surface area contributed by atoms with Crippen LogP contribution >= 0.6 is 0 Å². The van der Waals surface area contributed by atoms with E-state index in [1.807, 2.05) is 12.2 Å². The van der Waals surface area contributed by atoms with E-state index in [0.29, 0.717) is 0 Å². The van der Waals surface area contributed by atoms with Crippen LogP contribution in [-0.2, 0) is 4.74 Å². The van der Waals surface area contributed by atoms with Crippen molar-refractivity contribution >= 4 is 0 Å². The van der Waals surface area contributed by atoms with Gasteiger partial charge in [-0.1, -0.05) is 89.7 Å². The maximum absolute atomic E-state index is 4.58. The van der Waals surface area contributed by atoms with Crippen molar-refractivity contribution in [1.82, 2.24) is 0 Å². The Morgan fingerprint density at radius 2 is 1.20 bits per heavy atom. The normalized spacial score (nSPS) is 11.7. The van der Waals surface area contributed by atoms with E-state index in [4.69, 9.17) is 0 Å². The zero-order valence-electron chi connectivity index (χ0n) is 13.6. The van der Waals surface area contributed by atoms with Crippen LogP contribution in [-0.4, -0.2) is 0 Å². The molecule has 0 heterocycles. The van der Waals surface area contributed by atoms with E-state index in [9.17, 15) is 0 Å². The highest BCUT2D eigenvalue weighted by atomic mass is 16.5. The molecule has 0 N–H and O–H groups in total. The van der Waals surface area contributed by atoms with Gasteiger partial charge in [0.2, 0.25) is 0 Å². The lowest BCUT2D eigenvalue weighted by atomic mass is 10.0. The zero-order valence-corrected chi connectivity index (χ0v) is 13.6. The molecule has 0 fully saturated rings. The van der Waals surface area contributed by atoms with E-state index < -0.39 is 0 Å². The van der Waals surface area contributed by atoms with Gasteiger partial charge in [-0.15, -0.1) is 0 Å². The molecule has 0 bridgehead atoms. The molecule has 1 heteroatoms. The molecular weight excluding hydrogens is 244 g/mol. The second kappa shape index (κ2) is 18.3. The minimum atomic E-state index is 1.18. The molecule has 1 radical (unpaired) electrons. The average molecular weight is 279 g/mol. The predicted octanol–water partition coefficient (Wildman–Crippen LogP) is 6.96. The summed E-state index contributed by atoms with van der Waals surface area (Å²) in [5.74, 6) is 0. The van der Waals surface area contributed by atoms with Crippen LogP contribution in [0.4, 0.5) is 0 Å². The van der Waals surface area contributed by atoms with Crippen LogP contribution in [0.3, 0.4) is 0 Å². The Morgan fingerprint density at radius 3 is 1.70 bits per heavy atom. The van der Waals surface area contributed by atoms with E-state index in [1.165, 1.54) is 83.5 Å². The van der Waals surface area contributed by atoms with Gasteiger partial charge >= 0.3 is 0 Å². The molecule has 0 unspecified atom stereocenters. The summed E-state index contributed by atoms with van der Waals surface area (Å²) in [6.07, 6.45) is 25.9. The summed E-state index contributed by atoms with van der Waals surface area (Å²) < 4.78 is 4.58. The average Bonchev–Trinajstić information content (AvgIpc) is 2.47. The molecule has 0 aliphatic carbocycles. The van der Waals surface area contributed by atoms with Gasteiger partial charge in [0.25, 0.3) is 0 Å². The third kappa shape index (κ3) is 17.3. The van der Waals surface area contributed by atoms with Crippen molar-refractivity contribution < 1.29 is 4.74 Å². The summed E-state index contributed by atoms with van der Waals surface area (Å²) >= 11 is 0. The van der Waals surface area contributed by atoms with E-state index in [1.54, 1.807) is 6.26 Å². The maximum atomic E-state index is 4.58. The van der Waals surface area contributed by atoms with Crippen molar-refractivity contribution in [2.24, 2.45) is 0 Å². The number of hydrogen-bond donors (Lipinski definition) is 0. The van der Waals surface area contributed by atoms with E-state index in [0.717, 1.165) is 0 Å². The first kappa shape index (κ1) is 19.3. The molecule has 0 amide bonds. The quantitative estimate of drug-likeness (QED) is 0.179. The lowest BCUT2D eigenvalue weighted by Crippen LogP contribution is -1.82. The van der Waals surface area contributed by atoms with Crippen LogP contribution < -0.4 is 0 Å². The van der Waals surface area contributed by atoms with Crippen LogP contribution in [0.2, 0.25) is 0 Å². The van der Waals surface area contributed by atoms with Crippen LogP contribution in [0.1, 0.15) is 90.4 Å². The number of rotatable bonds is 15. The van der Waals surface area contributed by atoms with Gasteiger partial charge in [-0.05, 0) is 18.9 Å². The molecule has 0 aromatic carbocycles. The highest BCUT2D eigenvalue weighted by Crippen LogP contribution is 2.12. The molecule has 1 nitrogen and oxygen atoms in total. The third-order valence-corrected chi connectivity index (χ3v) is 3.65. The third-order valence-electron chi connectivity index (χ3n) is 3.65. The van der Waals surface area contributed by atoms with Gasteiger partial charge in [-0.3, -0.25) is 0 Å². The first-order valence-corrected chi connectivity index (χ1v) is 8.64. The number of allylic oxidation sites excluding steroid dienone is 3. The molecule has 0 saturated carbocycles. The standard InChI is InChI=1S/C19H35O/c1-3-4-5-6-7-8-9-10-11-12-13-14-15-16-17-18-19-20-2/h16-19H,2-15H2,1H3. The van der Waals surface area contributed by atoms with E-state index in [2.05, 4.69) is 24.8 Å². The van der Waals surface area contributed by atoms with Crippen molar-refractivity contribution in [3.8, 4) is 0 Å². The molecule has 0 spiro atoms. The summed E-state index contributed by atoms with van der Waals surface area (Å²) in [5, 5.41) is 0. The van der Waals surface area contributed by atoms with Crippen molar-refractivity contribution in [1.29, 1.82) is 0 Å². The predicted molar refractivity (Wildman–Crippen MR) is 90.4 cm³/mol. The molecule has 117 valence electrons.